The van der Waals surface area contributed by atoms with Crippen LogP contribution in [0.4, 0.5) is 0 Å². The van der Waals surface area contributed by atoms with E-state index in [0.717, 1.165) is 10.4 Å². The summed E-state index contributed by atoms with van der Waals surface area (Å²) >= 11 is 7.54. The van der Waals surface area contributed by atoms with Crippen molar-refractivity contribution in [3.8, 4) is 16.2 Å². The molecule has 136 valence electrons. The standard InChI is InChI=1S/C20H14ClNO4S/c21-15-7-3-1-5-13(15)18-10-9-12(27-18)11-16(20(25)26)22-19(24)14-6-2-4-8-17(14)23/h1-11,23H,(H,22,24)(H,25,26)/b16-11+. The molecule has 5 nitrogen and oxygen atoms in total. The lowest BCUT2D eigenvalue weighted by atomic mass is 10.2. The highest BCUT2D eigenvalue weighted by Gasteiger charge is 2.16. The number of phenols is 1. The molecule has 0 bridgehead atoms. The number of halogens is 1. The third kappa shape index (κ3) is 4.36. The lowest BCUT2D eigenvalue weighted by Gasteiger charge is -2.07. The van der Waals surface area contributed by atoms with Crippen LogP contribution in [0.25, 0.3) is 16.5 Å². The Balaban J connectivity index is 1.87. The predicted molar refractivity (Wildman–Crippen MR) is 106 cm³/mol. The Labute approximate surface area is 164 Å². The van der Waals surface area contributed by atoms with E-state index in [1.165, 1.54) is 29.5 Å². The highest BCUT2D eigenvalue weighted by molar-refractivity contribution is 7.16. The Morgan fingerprint density at radius 2 is 1.70 bits per heavy atom. The molecule has 0 aliphatic heterocycles. The lowest BCUT2D eigenvalue weighted by molar-refractivity contribution is -0.132. The minimum absolute atomic E-state index is 0.00686. The zero-order valence-corrected chi connectivity index (χ0v) is 15.4. The van der Waals surface area contributed by atoms with Crippen LogP contribution in [0.5, 0.6) is 5.75 Å². The molecule has 0 spiro atoms. The second-order valence-corrected chi connectivity index (χ2v) is 7.04. The number of carboxylic acids is 1. The monoisotopic (exact) mass is 399 g/mol. The van der Waals surface area contributed by atoms with Crippen molar-refractivity contribution in [1.29, 1.82) is 0 Å². The van der Waals surface area contributed by atoms with Gasteiger partial charge >= 0.3 is 5.97 Å². The van der Waals surface area contributed by atoms with Gasteiger partial charge in [-0.1, -0.05) is 41.9 Å². The number of hydrogen-bond donors (Lipinski definition) is 3. The molecule has 0 radical (unpaired) electrons. The van der Waals surface area contributed by atoms with Gasteiger partial charge in [0.15, 0.2) is 0 Å². The van der Waals surface area contributed by atoms with E-state index in [2.05, 4.69) is 5.32 Å². The van der Waals surface area contributed by atoms with Gasteiger partial charge in [-0.3, -0.25) is 4.79 Å². The molecule has 0 atom stereocenters. The van der Waals surface area contributed by atoms with Gasteiger partial charge in [0.25, 0.3) is 5.91 Å². The zero-order valence-electron chi connectivity index (χ0n) is 13.8. The maximum Gasteiger partial charge on any atom is 0.352 e. The van der Waals surface area contributed by atoms with Crippen molar-refractivity contribution in [2.24, 2.45) is 0 Å². The van der Waals surface area contributed by atoms with Gasteiger partial charge in [-0.15, -0.1) is 11.3 Å². The molecule has 7 heteroatoms. The summed E-state index contributed by atoms with van der Waals surface area (Å²) in [4.78, 5) is 25.3. The number of nitrogens with one attached hydrogen (secondary N) is 1. The number of aromatic hydroxyl groups is 1. The molecule has 3 rings (SSSR count). The average molecular weight is 400 g/mol. The molecular weight excluding hydrogens is 386 g/mol. The van der Waals surface area contributed by atoms with Crippen LogP contribution in [0.3, 0.4) is 0 Å². The van der Waals surface area contributed by atoms with Gasteiger partial charge in [-0.25, -0.2) is 4.79 Å². The van der Waals surface area contributed by atoms with Crippen LogP contribution in [0.1, 0.15) is 15.2 Å². The summed E-state index contributed by atoms with van der Waals surface area (Å²) in [5.41, 5.74) is 0.544. The molecule has 3 N–H and O–H groups in total. The second-order valence-electron chi connectivity index (χ2n) is 5.52. The number of carbonyl (C=O) groups is 2. The van der Waals surface area contributed by atoms with Gasteiger partial charge in [-0.2, -0.15) is 0 Å². The molecule has 0 saturated carbocycles. The quantitative estimate of drug-likeness (QED) is 0.546. The number of carbonyl (C=O) groups excluding carboxylic acids is 1. The lowest BCUT2D eigenvalue weighted by Crippen LogP contribution is -2.27. The van der Waals surface area contributed by atoms with E-state index in [-0.39, 0.29) is 17.0 Å². The first kappa shape index (κ1) is 18.7. The fraction of sp³-hybridized carbons (Fsp3) is 0. The number of rotatable bonds is 5. The van der Waals surface area contributed by atoms with Gasteiger partial charge in [0, 0.05) is 20.3 Å². The van der Waals surface area contributed by atoms with Crippen molar-refractivity contribution in [3.63, 3.8) is 0 Å². The minimum atomic E-state index is -1.29. The number of hydrogen-bond acceptors (Lipinski definition) is 4. The van der Waals surface area contributed by atoms with E-state index in [9.17, 15) is 19.8 Å². The fourth-order valence-corrected chi connectivity index (χ4v) is 3.67. The first-order valence-corrected chi connectivity index (χ1v) is 9.04. The normalized spacial score (nSPS) is 11.2. The number of para-hydroxylation sites is 1. The van der Waals surface area contributed by atoms with Crippen molar-refractivity contribution in [1.82, 2.24) is 5.32 Å². The fourth-order valence-electron chi connectivity index (χ4n) is 2.39. The smallest absolute Gasteiger partial charge is 0.352 e. The zero-order chi connectivity index (χ0) is 19.4. The molecule has 27 heavy (non-hydrogen) atoms. The second kappa shape index (κ2) is 8.07. The van der Waals surface area contributed by atoms with E-state index >= 15 is 0 Å². The summed E-state index contributed by atoms with van der Waals surface area (Å²) in [6.45, 7) is 0. The van der Waals surface area contributed by atoms with Crippen LogP contribution in [0.15, 0.2) is 66.4 Å². The van der Waals surface area contributed by atoms with Crippen molar-refractivity contribution < 1.29 is 19.8 Å². The van der Waals surface area contributed by atoms with Crippen LogP contribution < -0.4 is 5.32 Å². The third-order valence-corrected chi connectivity index (χ3v) is 5.08. The van der Waals surface area contributed by atoms with E-state index in [1.54, 1.807) is 24.3 Å². The highest BCUT2D eigenvalue weighted by Crippen LogP contribution is 2.33. The van der Waals surface area contributed by atoms with Gasteiger partial charge in [0.1, 0.15) is 11.4 Å². The van der Waals surface area contributed by atoms with Crippen LogP contribution in [0, 0.1) is 0 Å². The van der Waals surface area contributed by atoms with Crippen molar-refractivity contribution in [2.75, 3.05) is 0 Å². The Morgan fingerprint density at radius 1 is 1.00 bits per heavy atom. The predicted octanol–water partition coefficient (Wildman–Crippen LogP) is 4.63. The van der Waals surface area contributed by atoms with Crippen molar-refractivity contribution >= 4 is 40.9 Å². The number of amides is 1. The van der Waals surface area contributed by atoms with Gasteiger partial charge in [0.05, 0.1) is 5.56 Å². The molecule has 1 aromatic heterocycles. The van der Waals surface area contributed by atoms with E-state index in [1.807, 2.05) is 24.3 Å². The maximum atomic E-state index is 12.3. The molecule has 1 heterocycles. The van der Waals surface area contributed by atoms with Crippen LogP contribution in [0.2, 0.25) is 5.02 Å². The van der Waals surface area contributed by atoms with Crippen LogP contribution >= 0.6 is 22.9 Å². The minimum Gasteiger partial charge on any atom is -0.507 e. The third-order valence-electron chi connectivity index (χ3n) is 3.68. The van der Waals surface area contributed by atoms with Gasteiger partial charge in [0.2, 0.25) is 0 Å². The van der Waals surface area contributed by atoms with E-state index in [0.29, 0.717) is 9.90 Å². The summed E-state index contributed by atoms with van der Waals surface area (Å²) in [5.74, 6) is -2.21. The molecule has 0 aliphatic carbocycles. The SMILES string of the molecule is O=C(O)/C(=C\c1ccc(-c2ccccc2Cl)s1)NC(=O)c1ccccc1O. The summed E-state index contributed by atoms with van der Waals surface area (Å²) < 4.78 is 0. The molecule has 0 fully saturated rings. The Morgan fingerprint density at radius 3 is 2.41 bits per heavy atom. The molecule has 0 saturated heterocycles. The van der Waals surface area contributed by atoms with Crippen molar-refractivity contribution in [2.45, 2.75) is 0 Å². The molecular formula is C20H14ClNO4S. The number of benzene rings is 2. The number of thiophene rings is 1. The first-order chi connectivity index (χ1) is 13.0. The number of carboxylic acid groups (broad SMARTS) is 1. The first-order valence-electron chi connectivity index (χ1n) is 7.85. The topological polar surface area (TPSA) is 86.6 Å². The van der Waals surface area contributed by atoms with Crippen LogP contribution in [-0.2, 0) is 4.79 Å². The maximum absolute atomic E-state index is 12.3. The average Bonchev–Trinajstić information content (AvgIpc) is 3.10. The summed E-state index contributed by atoms with van der Waals surface area (Å²) in [5, 5.41) is 22.1. The summed E-state index contributed by atoms with van der Waals surface area (Å²) in [6, 6.07) is 16.8. The van der Waals surface area contributed by atoms with Gasteiger partial charge in [-0.05, 0) is 36.4 Å². The summed E-state index contributed by atoms with van der Waals surface area (Å²) in [7, 11) is 0. The molecule has 0 aliphatic rings. The molecule has 3 aromatic rings. The Kier molecular flexibility index (Phi) is 5.59. The molecule has 2 aromatic carbocycles. The molecule has 1 amide bonds. The van der Waals surface area contributed by atoms with Gasteiger partial charge < -0.3 is 15.5 Å². The molecule has 0 unspecified atom stereocenters. The largest absolute Gasteiger partial charge is 0.507 e. The Hall–Kier alpha value is -3.09. The van der Waals surface area contributed by atoms with Crippen LogP contribution in [-0.4, -0.2) is 22.1 Å². The van der Waals surface area contributed by atoms with E-state index < -0.39 is 11.9 Å². The van der Waals surface area contributed by atoms with Crippen molar-refractivity contribution in [3.05, 3.63) is 81.8 Å². The number of aliphatic carboxylic acids is 1. The Bertz CT molecular complexity index is 1040. The highest BCUT2D eigenvalue weighted by atomic mass is 35.5. The number of phenolic OH excluding ortho intramolecular Hbond substituents is 1. The van der Waals surface area contributed by atoms with E-state index in [4.69, 9.17) is 11.6 Å². The summed E-state index contributed by atoms with van der Waals surface area (Å²) in [6.07, 6.45) is 1.37.